The first-order chi connectivity index (χ1) is 11.5. The number of carbonyl (C=O) groups excluding carboxylic acids is 1. The van der Waals surface area contributed by atoms with Crippen LogP contribution in [0.3, 0.4) is 0 Å². The molecule has 128 valence electrons. The van der Waals surface area contributed by atoms with Crippen LogP contribution in [0, 0.1) is 5.92 Å². The quantitative estimate of drug-likeness (QED) is 0.858. The molecule has 3 rings (SSSR count). The first-order valence-corrected chi connectivity index (χ1v) is 9.48. The first-order valence-electron chi connectivity index (χ1n) is 7.66. The summed E-state index contributed by atoms with van der Waals surface area (Å²) >= 11 is 0. The molecule has 1 aromatic carbocycles. The van der Waals surface area contributed by atoms with E-state index < -0.39 is 9.84 Å². The molecule has 1 atom stereocenters. The lowest BCUT2D eigenvalue weighted by molar-refractivity contribution is -0.116. The molecule has 2 heterocycles. The zero-order valence-electron chi connectivity index (χ0n) is 13.3. The van der Waals surface area contributed by atoms with Gasteiger partial charge in [-0.1, -0.05) is 12.1 Å². The number of H-pyrrole nitrogens is 1. The molecule has 7 nitrogen and oxygen atoms in total. The number of hydrogen-bond donors (Lipinski definition) is 2. The predicted molar refractivity (Wildman–Crippen MR) is 90.6 cm³/mol. The van der Waals surface area contributed by atoms with Gasteiger partial charge in [0.25, 0.3) is 0 Å². The molecule has 1 aromatic heterocycles. The van der Waals surface area contributed by atoms with E-state index in [9.17, 15) is 13.2 Å². The van der Waals surface area contributed by atoms with E-state index >= 15 is 0 Å². The number of aromatic amines is 1. The molecule has 1 amide bonds. The Labute approximate surface area is 140 Å². The summed E-state index contributed by atoms with van der Waals surface area (Å²) in [6.07, 6.45) is 0.735. The summed E-state index contributed by atoms with van der Waals surface area (Å²) in [4.78, 5) is 12.1. The van der Waals surface area contributed by atoms with Crippen LogP contribution < -0.4 is 10.1 Å². The number of anilines is 1. The fourth-order valence-electron chi connectivity index (χ4n) is 2.88. The third-order valence-electron chi connectivity index (χ3n) is 4.04. The van der Waals surface area contributed by atoms with Crippen molar-refractivity contribution in [2.24, 2.45) is 5.92 Å². The SMILES string of the molecule is COc1ccccc1-c1cc(NC(=O)C[C@@H]2CCS(=O)(=O)C2)n[nH]1. The second-order valence-corrected chi connectivity index (χ2v) is 8.12. The topological polar surface area (TPSA) is 101 Å². The predicted octanol–water partition coefficient (Wildman–Crippen LogP) is 1.85. The van der Waals surface area contributed by atoms with Crippen LogP contribution in [0.15, 0.2) is 30.3 Å². The minimum Gasteiger partial charge on any atom is -0.496 e. The number of aromatic nitrogens is 2. The standard InChI is InChI=1S/C16H19N3O4S/c1-23-14-5-3-2-4-12(14)13-9-15(19-18-13)17-16(20)8-11-6-7-24(21,22)10-11/h2-5,9,11H,6-8,10H2,1H3,(H2,17,18,19,20)/t11-/m0/s1. The van der Waals surface area contributed by atoms with Gasteiger partial charge in [0.05, 0.1) is 24.3 Å². The van der Waals surface area contributed by atoms with Crippen LogP contribution in [0.5, 0.6) is 5.75 Å². The number of nitrogens with zero attached hydrogens (tertiary/aromatic N) is 1. The van der Waals surface area contributed by atoms with Crippen molar-refractivity contribution in [3.05, 3.63) is 30.3 Å². The second-order valence-electron chi connectivity index (χ2n) is 5.89. The Hall–Kier alpha value is -2.35. The number of carbonyl (C=O) groups is 1. The number of hydrogen-bond acceptors (Lipinski definition) is 5. The number of ether oxygens (including phenoxy) is 1. The Kier molecular flexibility index (Phi) is 4.57. The van der Waals surface area contributed by atoms with Crippen molar-refractivity contribution in [2.45, 2.75) is 12.8 Å². The summed E-state index contributed by atoms with van der Waals surface area (Å²) in [6.45, 7) is 0. The van der Waals surface area contributed by atoms with Gasteiger partial charge >= 0.3 is 0 Å². The molecule has 0 bridgehead atoms. The number of amides is 1. The van der Waals surface area contributed by atoms with Crippen LogP contribution in [0.25, 0.3) is 11.3 Å². The Morgan fingerprint density at radius 3 is 2.92 bits per heavy atom. The molecule has 0 unspecified atom stereocenters. The third-order valence-corrected chi connectivity index (χ3v) is 5.88. The van der Waals surface area contributed by atoms with E-state index in [1.54, 1.807) is 13.2 Å². The minimum atomic E-state index is -2.97. The largest absolute Gasteiger partial charge is 0.496 e. The fraction of sp³-hybridized carbons (Fsp3) is 0.375. The normalized spacial score (nSPS) is 19.1. The highest BCUT2D eigenvalue weighted by Gasteiger charge is 2.29. The maximum Gasteiger partial charge on any atom is 0.225 e. The highest BCUT2D eigenvalue weighted by atomic mass is 32.2. The van der Waals surface area contributed by atoms with E-state index in [1.165, 1.54) is 0 Å². The van der Waals surface area contributed by atoms with Crippen molar-refractivity contribution in [3.63, 3.8) is 0 Å². The summed E-state index contributed by atoms with van der Waals surface area (Å²) in [6, 6.07) is 9.21. The molecule has 0 spiro atoms. The molecule has 2 N–H and O–H groups in total. The zero-order valence-corrected chi connectivity index (χ0v) is 14.1. The van der Waals surface area contributed by atoms with Crippen LogP contribution in [-0.2, 0) is 14.6 Å². The third kappa shape index (κ3) is 3.76. The van der Waals surface area contributed by atoms with Gasteiger partial charge in [-0.3, -0.25) is 9.89 Å². The van der Waals surface area contributed by atoms with E-state index in [4.69, 9.17) is 4.74 Å². The summed E-state index contributed by atoms with van der Waals surface area (Å²) < 4.78 is 28.2. The number of para-hydroxylation sites is 1. The van der Waals surface area contributed by atoms with Crippen molar-refractivity contribution in [1.82, 2.24) is 10.2 Å². The van der Waals surface area contributed by atoms with E-state index in [0.29, 0.717) is 18.0 Å². The lowest BCUT2D eigenvalue weighted by Crippen LogP contribution is -2.17. The lowest BCUT2D eigenvalue weighted by atomic mass is 10.1. The van der Waals surface area contributed by atoms with Gasteiger partial charge in [-0.2, -0.15) is 5.10 Å². The number of nitrogens with one attached hydrogen (secondary N) is 2. The Morgan fingerprint density at radius 2 is 2.21 bits per heavy atom. The average molecular weight is 349 g/mol. The van der Waals surface area contributed by atoms with Crippen molar-refractivity contribution >= 4 is 21.6 Å². The zero-order chi connectivity index (χ0) is 17.2. The number of sulfone groups is 1. The number of rotatable bonds is 5. The number of benzene rings is 1. The van der Waals surface area contributed by atoms with E-state index in [-0.39, 0.29) is 29.8 Å². The maximum absolute atomic E-state index is 12.1. The van der Waals surface area contributed by atoms with Gasteiger partial charge in [0.15, 0.2) is 15.7 Å². The Balaban J connectivity index is 1.65. The van der Waals surface area contributed by atoms with Crippen molar-refractivity contribution < 1.29 is 17.9 Å². The molecule has 1 aliphatic heterocycles. The van der Waals surface area contributed by atoms with E-state index in [1.807, 2.05) is 24.3 Å². The Morgan fingerprint density at radius 1 is 1.42 bits per heavy atom. The molecule has 2 aromatic rings. The van der Waals surface area contributed by atoms with Crippen molar-refractivity contribution in [3.8, 4) is 17.0 Å². The summed E-state index contributed by atoms with van der Waals surface area (Å²) in [5.74, 6) is 1.04. The van der Waals surface area contributed by atoms with Crippen LogP contribution in [-0.4, -0.2) is 43.1 Å². The Bertz CT molecular complexity index is 845. The van der Waals surface area contributed by atoms with Crippen molar-refractivity contribution in [1.29, 1.82) is 0 Å². The highest BCUT2D eigenvalue weighted by Crippen LogP contribution is 2.29. The van der Waals surface area contributed by atoms with Gasteiger partial charge in [0, 0.05) is 18.1 Å². The molecule has 1 aliphatic rings. The molecule has 0 aliphatic carbocycles. The van der Waals surface area contributed by atoms with Crippen LogP contribution in [0.4, 0.5) is 5.82 Å². The van der Waals surface area contributed by atoms with Crippen molar-refractivity contribution in [2.75, 3.05) is 23.9 Å². The number of methoxy groups -OCH3 is 1. The summed E-state index contributed by atoms with van der Waals surface area (Å²) in [7, 11) is -1.38. The van der Waals surface area contributed by atoms with Gasteiger partial charge < -0.3 is 10.1 Å². The molecule has 1 saturated heterocycles. The monoisotopic (exact) mass is 349 g/mol. The maximum atomic E-state index is 12.1. The fourth-order valence-corrected chi connectivity index (χ4v) is 4.74. The van der Waals surface area contributed by atoms with Gasteiger partial charge in [-0.15, -0.1) is 0 Å². The molecular weight excluding hydrogens is 330 g/mol. The van der Waals surface area contributed by atoms with E-state index in [2.05, 4.69) is 15.5 Å². The van der Waals surface area contributed by atoms with Gasteiger partial charge in [0.1, 0.15) is 5.75 Å². The summed E-state index contributed by atoms with van der Waals surface area (Å²) in [5.41, 5.74) is 1.57. The first kappa shape index (κ1) is 16.5. The average Bonchev–Trinajstić information content (AvgIpc) is 3.13. The van der Waals surface area contributed by atoms with Gasteiger partial charge in [-0.25, -0.2) is 8.42 Å². The van der Waals surface area contributed by atoms with E-state index in [0.717, 1.165) is 11.3 Å². The molecular formula is C16H19N3O4S. The molecule has 1 fully saturated rings. The highest BCUT2D eigenvalue weighted by molar-refractivity contribution is 7.91. The smallest absolute Gasteiger partial charge is 0.225 e. The summed E-state index contributed by atoms with van der Waals surface area (Å²) in [5, 5.41) is 9.66. The molecule has 8 heteroatoms. The van der Waals surface area contributed by atoms with Crippen LogP contribution >= 0.6 is 0 Å². The van der Waals surface area contributed by atoms with Gasteiger partial charge in [-0.05, 0) is 24.5 Å². The minimum absolute atomic E-state index is 0.0907. The molecule has 24 heavy (non-hydrogen) atoms. The molecule has 0 saturated carbocycles. The second kappa shape index (κ2) is 6.64. The molecule has 0 radical (unpaired) electrons. The van der Waals surface area contributed by atoms with Crippen LogP contribution in [0.2, 0.25) is 0 Å². The van der Waals surface area contributed by atoms with Crippen LogP contribution in [0.1, 0.15) is 12.8 Å². The van der Waals surface area contributed by atoms with Gasteiger partial charge in [0.2, 0.25) is 5.91 Å². The lowest BCUT2D eigenvalue weighted by Gasteiger charge is -2.06.